The van der Waals surface area contributed by atoms with Crippen LogP contribution in [0.4, 0.5) is 5.69 Å². The fourth-order valence-electron chi connectivity index (χ4n) is 1.06. The van der Waals surface area contributed by atoms with Gasteiger partial charge in [-0.15, -0.1) is 5.23 Å². The fraction of sp³-hybridized carbons (Fsp3) is 0.400. The van der Waals surface area contributed by atoms with Crippen LogP contribution in [0.2, 0.25) is 0 Å². The van der Waals surface area contributed by atoms with Gasteiger partial charge in [-0.3, -0.25) is 0 Å². The highest BCUT2D eigenvalue weighted by Crippen LogP contribution is 2.29. The zero-order valence-electron chi connectivity index (χ0n) is 9.11. The van der Waals surface area contributed by atoms with Gasteiger partial charge in [0.1, 0.15) is 13.2 Å². The smallest absolute Gasteiger partial charge is 0.159 e. The van der Waals surface area contributed by atoms with Crippen LogP contribution in [-0.4, -0.2) is 46.9 Å². The van der Waals surface area contributed by atoms with Crippen LogP contribution in [0.1, 0.15) is 0 Å². The zero-order chi connectivity index (χ0) is 12.7. The number of benzene rings is 1. The zero-order valence-corrected chi connectivity index (χ0v) is 9.11. The summed E-state index contributed by atoms with van der Waals surface area (Å²) in [7, 11) is 0. The Morgan fingerprint density at radius 1 is 0.941 bits per heavy atom. The van der Waals surface area contributed by atoms with Gasteiger partial charge in [-0.2, -0.15) is 0 Å². The Labute approximate surface area is 98.0 Å². The van der Waals surface area contributed by atoms with Gasteiger partial charge in [0.25, 0.3) is 0 Å². The molecule has 17 heavy (non-hydrogen) atoms. The molecule has 0 radical (unpaired) electrons. The van der Waals surface area contributed by atoms with E-state index >= 15 is 0 Å². The van der Waals surface area contributed by atoms with Crippen LogP contribution >= 0.6 is 0 Å². The Morgan fingerprint density at radius 3 is 2.00 bits per heavy atom. The predicted octanol–water partition coefficient (Wildman–Crippen LogP) is -0.248. The first kappa shape index (κ1) is 13.5. The topological polar surface area (TPSA) is 103 Å². The van der Waals surface area contributed by atoms with Crippen LogP contribution < -0.4 is 5.23 Å². The molecule has 0 aliphatic carbocycles. The van der Waals surface area contributed by atoms with E-state index in [-0.39, 0.29) is 37.9 Å². The highest BCUT2D eigenvalue weighted by atomic mass is 16.9. The molecule has 0 heterocycles. The summed E-state index contributed by atoms with van der Waals surface area (Å²) >= 11 is 0. The molecule has 0 aromatic heterocycles. The quantitative estimate of drug-likeness (QED) is 0.388. The first-order valence-electron chi connectivity index (χ1n) is 4.98. The molecule has 0 spiro atoms. The molecular weight excluding hydrogens is 230 g/mol. The van der Waals surface area contributed by atoms with E-state index in [0.29, 0.717) is 5.69 Å². The third kappa shape index (κ3) is 4.08. The molecule has 0 bridgehead atoms. The summed E-state index contributed by atoms with van der Waals surface area (Å²) in [5, 5.41) is 36.7. The number of hydrogen-bond donors (Lipinski definition) is 4. The van der Waals surface area contributed by atoms with E-state index < -0.39 is 0 Å². The molecule has 0 atom stereocenters. The average molecular weight is 245 g/mol. The minimum atomic E-state index is -0.326. The van der Waals surface area contributed by atoms with Gasteiger partial charge < -0.3 is 20.4 Å². The molecule has 0 saturated heterocycles. The van der Waals surface area contributed by atoms with Crippen LogP contribution in [0, 0.1) is 0 Å². The number of rotatable bonds is 7. The highest BCUT2D eigenvalue weighted by molar-refractivity contribution is 5.52. The van der Waals surface area contributed by atoms with Gasteiger partial charge in [-0.25, -0.2) is 9.68 Å². The lowest BCUT2D eigenvalue weighted by Crippen LogP contribution is -2.26. The molecular formula is C10H15NO6. The van der Waals surface area contributed by atoms with Crippen molar-refractivity contribution in [1.82, 2.24) is 0 Å². The summed E-state index contributed by atoms with van der Waals surface area (Å²) in [4.78, 5) is 10.1. The van der Waals surface area contributed by atoms with Crippen molar-refractivity contribution in [2.75, 3.05) is 31.7 Å². The van der Waals surface area contributed by atoms with Gasteiger partial charge in [-0.1, -0.05) is 0 Å². The van der Waals surface area contributed by atoms with Gasteiger partial charge in [0.15, 0.2) is 11.5 Å². The van der Waals surface area contributed by atoms with Crippen LogP contribution in [0.15, 0.2) is 18.2 Å². The minimum absolute atomic E-state index is 0.00688. The third-order valence-electron chi connectivity index (χ3n) is 1.77. The van der Waals surface area contributed by atoms with Crippen LogP contribution in [0.3, 0.4) is 0 Å². The SMILES string of the molecule is OCCON(OCCO)c1ccc(O)c(O)c1. The second-order valence-electron chi connectivity index (χ2n) is 3.04. The molecule has 7 heteroatoms. The van der Waals surface area contributed by atoms with E-state index in [9.17, 15) is 5.11 Å². The molecule has 0 unspecified atom stereocenters. The largest absolute Gasteiger partial charge is 0.504 e. The number of aromatic hydroxyl groups is 2. The van der Waals surface area contributed by atoms with Crippen LogP contribution in [-0.2, 0) is 9.68 Å². The standard InChI is InChI=1S/C10H15NO6/c12-3-5-16-11(17-6-4-13)8-1-2-9(14)10(15)7-8/h1-2,7,12-15H,3-6H2. The first-order valence-corrected chi connectivity index (χ1v) is 4.98. The summed E-state index contributed by atoms with van der Waals surface area (Å²) in [6, 6.07) is 3.94. The normalized spacial score (nSPS) is 10.5. The number of hydrogen-bond acceptors (Lipinski definition) is 7. The molecule has 0 saturated carbocycles. The molecule has 96 valence electrons. The number of phenolic OH excluding ortho intramolecular Hbond substituents is 2. The molecule has 1 rings (SSSR count). The van der Waals surface area contributed by atoms with E-state index in [0.717, 1.165) is 5.23 Å². The van der Waals surface area contributed by atoms with E-state index in [1.54, 1.807) is 0 Å². The number of aliphatic hydroxyl groups excluding tert-OH is 2. The van der Waals surface area contributed by atoms with Gasteiger partial charge >= 0.3 is 0 Å². The van der Waals surface area contributed by atoms with Gasteiger partial charge in [0.2, 0.25) is 0 Å². The van der Waals surface area contributed by atoms with Gasteiger partial charge in [0, 0.05) is 6.07 Å². The van der Waals surface area contributed by atoms with Crippen molar-refractivity contribution in [3.63, 3.8) is 0 Å². The van der Waals surface area contributed by atoms with Crippen molar-refractivity contribution in [1.29, 1.82) is 0 Å². The molecule has 0 amide bonds. The van der Waals surface area contributed by atoms with Crippen molar-refractivity contribution < 1.29 is 30.1 Å². The summed E-state index contributed by atoms with van der Waals surface area (Å²) in [5.41, 5.74) is 0.321. The minimum Gasteiger partial charge on any atom is -0.504 e. The molecule has 0 aliphatic rings. The molecule has 0 aliphatic heterocycles. The average Bonchev–Trinajstić information content (AvgIpc) is 2.33. The van der Waals surface area contributed by atoms with E-state index in [4.69, 9.17) is 25.0 Å². The Morgan fingerprint density at radius 2 is 1.53 bits per heavy atom. The van der Waals surface area contributed by atoms with Crippen LogP contribution in [0.25, 0.3) is 0 Å². The number of anilines is 1. The summed E-state index contributed by atoms with van der Waals surface area (Å²) in [6.45, 7) is -0.424. The first-order chi connectivity index (χ1) is 8.19. The Kier molecular flexibility index (Phi) is 5.50. The molecule has 0 fully saturated rings. The maximum absolute atomic E-state index is 9.31. The molecule has 7 nitrogen and oxygen atoms in total. The number of phenols is 2. The summed E-state index contributed by atoms with van der Waals surface area (Å²) in [5.74, 6) is -0.592. The lowest BCUT2D eigenvalue weighted by molar-refractivity contribution is -0.103. The third-order valence-corrected chi connectivity index (χ3v) is 1.77. The lowest BCUT2D eigenvalue weighted by Gasteiger charge is -2.22. The summed E-state index contributed by atoms with van der Waals surface area (Å²) in [6.07, 6.45) is 0. The molecule has 1 aromatic carbocycles. The number of nitrogens with zero attached hydrogens (tertiary/aromatic N) is 1. The monoisotopic (exact) mass is 245 g/mol. The molecule has 4 N–H and O–H groups in total. The summed E-state index contributed by atoms with van der Waals surface area (Å²) < 4.78 is 0. The van der Waals surface area contributed by atoms with Crippen molar-refractivity contribution in [2.45, 2.75) is 0 Å². The van der Waals surface area contributed by atoms with Gasteiger partial charge in [-0.05, 0) is 12.1 Å². The highest BCUT2D eigenvalue weighted by Gasteiger charge is 2.10. The van der Waals surface area contributed by atoms with Crippen molar-refractivity contribution in [3.05, 3.63) is 18.2 Å². The second kappa shape index (κ2) is 6.92. The maximum atomic E-state index is 9.31. The van der Waals surface area contributed by atoms with Gasteiger partial charge in [0.05, 0.1) is 18.9 Å². The van der Waals surface area contributed by atoms with Crippen molar-refractivity contribution in [2.24, 2.45) is 0 Å². The van der Waals surface area contributed by atoms with Crippen LogP contribution in [0.5, 0.6) is 11.5 Å². The maximum Gasteiger partial charge on any atom is 0.159 e. The Hall–Kier alpha value is -1.54. The lowest BCUT2D eigenvalue weighted by atomic mass is 10.3. The van der Waals surface area contributed by atoms with E-state index in [1.807, 2.05) is 0 Å². The molecule has 1 aromatic rings. The fourth-order valence-corrected chi connectivity index (χ4v) is 1.06. The Balaban J connectivity index is 2.75. The Bertz CT molecular complexity index is 338. The van der Waals surface area contributed by atoms with Crippen molar-refractivity contribution in [3.8, 4) is 11.5 Å². The predicted molar refractivity (Wildman–Crippen MR) is 58.3 cm³/mol. The second-order valence-corrected chi connectivity index (χ2v) is 3.04. The van der Waals surface area contributed by atoms with Crippen molar-refractivity contribution >= 4 is 5.69 Å². The number of aliphatic hydroxyl groups is 2. The van der Waals surface area contributed by atoms with E-state index in [1.165, 1.54) is 18.2 Å². The van der Waals surface area contributed by atoms with E-state index in [2.05, 4.69) is 0 Å².